The number of hydrogen-bond acceptors (Lipinski definition) is 4. The Morgan fingerprint density at radius 1 is 1.06 bits per heavy atom. The molecular formula is C26H19ClFN5O2. The number of amides is 1. The summed E-state index contributed by atoms with van der Waals surface area (Å²) in [6.45, 7) is 1.55. The summed E-state index contributed by atoms with van der Waals surface area (Å²) in [5.74, 6) is -1.71. The highest BCUT2D eigenvalue weighted by Gasteiger charge is 2.21. The molecule has 5 rings (SSSR count). The van der Waals surface area contributed by atoms with Crippen molar-refractivity contribution in [2.45, 2.75) is 13.0 Å². The summed E-state index contributed by atoms with van der Waals surface area (Å²) in [5, 5.41) is 9.74. The number of hydrogen-bond donors (Lipinski definition) is 2. The molecule has 5 aromatic rings. The first-order chi connectivity index (χ1) is 16.9. The van der Waals surface area contributed by atoms with Crippen molar-refractivity contribution < 1.29 is 14.0 Å². The Hall–Kier alpha value is -4.30. The molecule has 0 fully saturated rings. The summed E-state index contributed by atoms with van der Waals surface area (Å²) in [6, 6.07) is 13.7. The van der Waals surface area contributed by atoms with Gasteiger partial charge in [0.05, 0.1) is 29.7 Å². The molecule has 1 amide bonds. The van der Waals surface area contributed by atoms with Gasteiger partial charge in [-0.15, -0.1) is 0 Å². The van der Waals surface area contributed by atoms with Crippen molar-refractivity contribution >= 4 is 28.9 Å². The van der Waals surface area contributed by atoms with Gasteiger partial charge in [0.2, 0.25) is 0 Å². The van der Waals surface area contributed by atoms with E-state index < -0.39 is 17.8 Å². The fourth-order valence-electron chi connectivity index (χ4n) is 3.86. The monoisotopic (exact) mass is 487 g/mol. The highest BCUT2D eigenvalue weighted by atomic mass is 35.5. The number of fused-ring (bicyclic) bond motifs is 1. The van der Waals surface area contributed by atoms with Gasteiger partial charge in [0.1, 0.15) is 11.5 Å². The van der Waals surface area contributed by atoms with Crippen LogP contribution in [0.2, 0.25) is 5.02 Å². The molecule has 0 aliphatic carbocycles. The molecule has 1 unspecified atom stereocenters. The van der Waals surface area contributed by atoms with Crippen LogP contribution in [-0.4, -0.2) is 37.3 Å². The van der Waals surface area contributed by atoms with E-state index in [2.05, 4.69) is 20.5 Å². The highest BCUT2D eigenvalue weighted by molar-refractivity contribution is 6.31. The van der Waals surface area contributed by atoms with Crippen molar-refractivity contribution in [2.75, 3.05) is 0 Å². The number of halogens is 2. The third-order valence-electron chi connectivity index (χ3n) is 5.70. The number of H-pyrrole nitrogens is 1. The Morgan fingerprint density at radius 3 is 2.63 bits per heavy atom. The summed E-state index contributed by atoms with van der Waals surface area (Å²) in [5.41, 5.74) is 3.95. The zero-order valence-electron chi connectivity index (χ0n) is 18.5. The van der Waals surface area contributed by atoms with Crippen molar-refractivity contribution in [1.82, 2.24) is 24.9 Å². The third kappa shape index (κ3) is 4.43. The Morgan fingerprint density at radius 2 is 1.89 bits per heavy atom. The molecule has 7 nitrogen and oxygen atoms in total. The van der Waals surface area contributed by atoms with Crippen LogP contribution in [0.3, 0.4) is 0 Å². The molecule has 3 heterocycles. The number of carbonyl (C=O) groups excluding carboxylic acids is 2. The number of benzene rings is 2. The number of aromatic nitrogens is 4. The molecule has 0 spiro atoms. The van der Waals surface area contributed by atoms with Crippen LogP contribution in [0, 0.1) is 5.82 Å². The fourth-order valence-corrected chi connectivity index (χ4v) is 4.05. The number of ketones is 1. The van der Waals surface area contributed by atoms with E-state index >= 15 is 4.39 Å². The zero-order valence-corrected chi connectivity index (χ0v) is 19.3. The molecule has 0 aliphatic rings. The van der Waals surface area contributed by atoms with Crippen LogP contribution in [0.15, 0.2) is 79.4 Å². The Kier molecular flexibility index (Phi) is 5.88. The van der Waals surface area contributed by atoms with Gasteiger partial charge in [-0.3, -0.25) is 19.1 Å². The second kappa shape index (κ2) is 9.15. The van der Waals surface area contributed by atoms with Crippen LogP contribution in [0.4, 0.5) is 4.39 Å². The topological polar surface area (TPSA) is 92.2 Å². The molecule has 174 valence electrons. The maximum absolute atomic E-state index is 15.0. The number of aromatic amines is 1. The van der Waals surface area contributed by atoms with Crippen LogP contribution in [-0.2, 0) is 0 Å². The molecule has 0 aliphatic heterocycles. The standard InChI is InChI=1S/C26H19ClFN5O2/c1-15(25(34)17-3-2-4-20(27)9-17)32-26(35)21-7-5-16(10-22(21)28)23-13-29-24-8-6-18(14-33(23)24)19-11-30-31-12-19/h2-15H,1H3,(H,30,31)(H,32,35). The number of imidazole rings is 1. The van der Waals surface area contributed by atoms with Crippen LogP contribution >= 0.6 is 11.6 Å². The smallest absolute Gasteiger partial charge is 0.254 e. The van der Waals surface area contributed by atoms with Gasteiger partial charge in [-0.1, -0.05) is 29.8 Å². The van der Waals surface area contributed by atoms with Gasteiger partial charge >= 0.3 is 0 Å². The first kappa shape index (κ1) is 22.5. The predicted molar refractivity (Wildman–Crippen MR) is 131 cm³/mol. The molecule has 2 aromatic carbocycles. The maximum atomic E-state index is 15.0. The molecule has 35 heavy (non-hydrogen) atoms. The first-order valence-corrected chi connectivity index (χ1v) is 11.2. The van der Waals surface area contributed by atoms with E-state index in [-0.39, 0.29) is 11.3 Å². The van der Waals surface area contributed by atoms with E-state index in [1.807, 2.05) is 22.7 Å². The Balaban J connectivity index is 1.39. The van der Waals surface area contributed by atoms with E-state index in [1.54, 1.807) is 49.8 Å². The van der Waals surface area contributed by atoms with Crippen molar-refractivity contribution in [3.8, 4) is 22.4 Å². The third-order valence-corrected chi connectivity index (χ3v) is 5.93. The molecule has 9 heteroatoms. The van der Waals surface area contributed by atoms with Crippen LogP contribution in [0.5, 0.6) is 0 Å². The lowest BCUT2D eigenvalue weighted by Crippen LogP contribution is -2.38. The summed E-state index contributed by atoms with van der Waals surface area (Å²) in [6.07, 6.45) is 7.03. The van der Waals surface area contributed by atoms with E-state index in [9.17, 15) is 9.59 Å². The van der Waals surface area contributed by atoms with Gasteiger partial charge in [0, 0.05) is 39.7 Å². The van der Waals surface area contributed by atoms with Gasteiger partial charge < -0.3 is 5.32 Å². The predicted octanol–water partition coefficient (Wildman–Crippen LogP) is 5.19. The number of nitrogens with one attached hydrogen (secondary N) is 2. The molecule has 1 atom stereocenters. The number of Topliss-reactive ketones (excluding diaryl/α,β-unsaturated/α-hetero) is 1. The minimum Gasteiger partial charge on any atom is -0.342 e. The van der Waals surface area contributed by atoms with Gasteiger partial charge in [0.15, 0.2) is 5.78 Å². The van der Waals surface area contributed by atoms with Gasteiger partial charge in [-0.05, 0) is 43.3 Å². The molecule has 2 N–H and O–H groups in total. The van der Waals surface area contributed by atoms with Gasteiger partial charge in [0.25, 0.3) is 5.91 Å². The van der Waals surface area contributed by atoms with Crippen molar-refractivity contribution in [2.24, 2.45) is 0 Å². The molecular weight excluding hydrogens is 469 g/mol. The molecule has 0 saturated carbocycles. The van der Waals surface area contributed by atoms with Crippen molar-refractivity contribution in [3.05, 3.63) is 101 Å². The summed E-state index contributed by atoms with van der Waals surface area (Å²) in [4.78, 5) is 29.7. The minimum absolute atomic E-state index is 0.160. The number of carbonyl (C=O) groups is 2. The highest BCUT2D eigenvalue weighted by Crippen LogP contribution is 2.26. The summed E-state index contributed by atoms with van der Waals surface area (Å²) >= 11 is 5.94. The van der Waals surface area contributed by atoms with Crippen LogP contribution < -0.4 is 5.32 Å². The Labute approximate surface area is 204 Å². The van der Waals surface area contributed by atoms with Crippen molar-refractivity contribution in [3.63, 3.8) is 0 Å². The fraction of sp³-hybridized carbons (Fsp3) is 0.0769. The average molecular weight is 488 g/mol. The average Bonchev–Trinajstić information content (AvgIpc) is 3.53. The lowest BCUT2D eigenvalue weighted by molar-refractivity contribution is 0.0863. The molecule has 0 radical (unpaired) electrons. The van der Waals surface area contributed by atoms with E-state index in [0.29, 0.717) is 27.5 Å². The largest absolute Gasteiger partial charge is 0.342 e. The van der Waals surface area contributed by atoms with Crippen molar-refractivity contribution in [1.29, 1.82) is 0 Å². The zero-order chi connectivity index (χ0) is 24.5. The van der Waals surface area contributed by atoms with Gasteiger partial charge in [-0.25, -0.2) is 9.37 Å². The number of pyridine rings is 1. The Bertz CT molecular complexity index is 1560. The van der Waals surface area contributed by atoms with E-state index in [4.69, 9.17) is 11.6 Å². The normalized spacial score (nSPS) is 12.0. The lowest BCUT2D eigenvalue weighted by atomic mass is 10.0. The second-order valence-electron chi connectivity index (χ2n) is 8.04. The molecule has 0 saturated heterocycles. The second-order valence-corrected chi connectivity index (χ2v) is 8.48. The summed E-state index contributed by atoms with van der Waals surface area (Å²) in [7, 11) is 0. The molecule has 3 aromatic heterocycles. The molecule has 0 bridgehead atoms. The lowest BCUT2D eigenvalue weighted by Gasteiger charge is -2.14. The minimum atomic E-state index is -0.861. The number of nitrogens with zero attached hydrogens (tertiary/aromatic N) is 3. The van der Waals surface area contributed by atoms with Crippen LogP contribution in [0.1, 0.15) is 27.6 Å². The SMILES string of the molecule is CC(NC(=O)c1ccc(-c2cnc3ccc(-c4cn[nH]c4)cn23)cc1F)C(=O)c1cccc(Cl)c1. The quantitative estimate of drug-likeness (QED) is 0.323. The number of rotatable bonds is 6. The first-order valence-electron chi connectivity index (χ1n) is 10.8. The maximum Gasteiger partial charge on any atom is 0.254 e. The van der Waals surface area contributed by atoms with Gasteiger partial charge in [-0.2, -0.15) is 5.10 Å². The van der Waals surface area contributed by atoms with E-state index in [1.165, 1.54) is 18.2 Å². The summed E-state index contributed by atoms with van der Waals surface area (Å²) < 4.78 is 16.9. The van der Waals surface area contributed by atoms with Crippen LogP contribution in [0.25, 0.3) is 28.0 Å². The van der Waals surface area contributed by atoms with E-state index in [0.717, 1.165) is 11.1 Å².